The van der Waals surface area contributed by atoms with E-state index in [0.29, 0.717) is 18.3 Å². The van der Waals surface area contributed by atoms with Gasteiger partial charge >= 0.3 is 0 Å². The summed E-state index contributed by atoms with van der Waals surface area (Å²) in [7, 11) is 0. The third-order valence-corrected chi connectivity index (χ3v) is 3.59. The Kier molecular flexibility index (Phi) is 7.47. The molecule has 1 amide bonds. The molecule has 0 saturated carbocycles. The van der Waals surface area contributed by atoms with E-state index >= 15 is 0 Å². The summed E-state index contributed by atoms with van der Waals surface area (Å²) in [5, 5.41) is 6.07. The van der Waals surface area contributed by atoms with Gasteiger partial charge in [0.1, 0.15) is 5.75 Å². The molecule has 1 rings (SSSR count). The summed E-state index contributed by atoms with van der Waals surface area (Å²) in [5.41, 5.74) is 1.10. The summed E-state index contributed by atoms with van der Waals surface area (Å²) in [5.74, 6) is 0.527. The van der Waals surface area contributed by atoms with Gasteiger partial charge in [0, 0.05) is 23.6 Å². The van der Waals surface area contributed by atoms with Crippen molar-refractivity contribution in [3.8, 4) is 5.75 Å². The van der Waals surface area contributed by atoms with E-state index in [1.54, 1.807) is 13.0 Å². The third-order valence-electron chi connectivity index (χ3n) is 2.82. The lowest BCUT2D eigenvalue weighted by Gasteiger charge is -2.16. The highest BCUT2D eigenvalue weighted by Crippen LogP contribution is 2.23. The molecule has 0 spiro atoms. The number of hydrogen-bond donors (Lipinski definition) is 2. The Morgan fingerprint density at radius 3 is 2.76 bits per heavy atom. The van der Waals surface area contributed by atoms with Crippen LogP contribution in [-0.2, 0) is 11.3 Å². The summed E-state index contributed by atoms with van der Waals surface area (Å²) in [6.07, 6.45) is 1.09. The molecule has 0 heterocycles. The summed E-state index contributed by atoms with van der Waals surface area (Å²) < 4.78 is 6.70. The molecule has 21 heavy (non-hydrogen) atoms. The van der Waals surface area contributed by atoms with E-state index in [0.717, 1.165) is 16.6 Å². The lowest BCUT2D eigenvalue weighted by molar-refractivity contribution is -0.127. The van der Waals surface area contributed by atoms with Crippen LogP contribution >= 0.6 is 15.9 Å². The summed E-state index contributed by atoms with van der Waals surface area (Å²) >= 11 is 3.52. The van der Waals surface area contributed by atoms with Crippen LogP contribution in [0.1, 0.15) is 26.3 Å². The molecule has 5 heteroatoms. The van der Waals surface area contributed by atoms with Crippen LogP contribution < -0.4 is 15.4 Å². The number of carbonyl (C=O) groups excluding carboxylic acids is 1. The largest absolute Gasteiger partial charge is 0.481 e. The number of halogens is 1. The molecule has 0 bridgehead atoms. The maximum atomic E-state index is 11.8. The monoisotopic (exact) mass is 354 g/mol. The van der Waals surface area contributed by atoms with Gasteiger partial charge in [-0.3, -0.25) is 4.79 Å². The van der Waals surface area contributed by atoms with Crippen LogP contribution in [0.2, 0.25) is 0 Å². The quantitative estimate of drug-likeness (QED) is 0.705. The number of rotatable bonds is 8. The Balaban J connectivity index is 2.68. The highest BCUT2D eigenvalue weighted by atomic mass is 79.9. The minimum absolute atomic E-state index is 0.153. The van der Waals surface area contributed by atoms with E-state index in [4.69, 9.17) is 4.74 Å². The molecule has 0 aliphatic heterocycles. The van der Waals surface area contributed by atoms with Gasteiger partial charge in [-0.15, -0.1) is 6.58 Å². The van der Waals surface area contributed by atoms with Crippen LogP contribution in [0.25, 0.3) is 0 Å². The van der Waals surface area contributed by atoms with Crippen LogP contribution in [-0.4, -0.2) is 24.6 Å². The van der Waals surface area contributed by atoms with Crippen molar-refractivity contribution in [2.45, 2.75) is 39.5 Å². The van der Waals surface area contributed by atoms with Gasteiger partial charge in [-0.05, 0) is 30.7 Å². The summed E-state index contributed by atoms with van der Waals surface area (Å²) in [6, 6.07) is 6.13. The van der Waals surface area contributed by atoms with Crippen LogP contribution in [0.15, 0.2) is 35.3 Å². The zero-order valence-electron chi connectivity index (χ0n) is 12.8. The molecular formula is C16H23BrN2O2. The molecule has 4 nitrogen and oxygen atoms in total. The fourth-order valence-electron chi connectivity index (χ4n) is 1.65. The third kappa shape index (κ3) is 6.31. The van der Waals surface area contributed by atoms with E-state index < -0.39 is 6.10 Å². The first-order valence-corrected chi connectivity index (χ1v) is 7.80. The highest BCUT2D eigenvalue weighted by Gasteiger charge is 2.14. The van der Waals surface area contributed by atoms with E-state index in [1.807, 2.05) is 18.2 Å². The average Bonchev–Trinajstić information content (AvgIpc) is 2.44. The minimum atomic E-state index is -0.544. The number of ether oxygens (including phenoxy) is 1. The number of amides is 1. The molecule has 1 aromatic carbocycles. The second kappa shape index (κ2) is 8.85. The molecule has 1 aromatic rings. The van der Waals surface area contributed by atoms with Crippen molar-refractivity contribution in [3.05, 3.63) is 40.9 Å². The molecule has 0 aromatic heterocycles. The van der Waals surface area contributed by atoms with Crippen molar-refractivity contribution in [1.82, 2.24) is 10.6 Å². The molecule has 2 N–H and O–H groups in total. The highest BCUT2D eigenvalue weighted by molar-refractivity contribution is 9.10. The van der Waals surface area contributed by atoms with Crippen molar-refractivity contribution in [2.24, 2.45) is 0 Å². The van der Waals surface area contributed by atoms with Crippen LogP contribution in [0.4, 0.5) is 0 Å². The van der Waals surface area contributed by atoms with Crippen molar-refractivity contribution in [2.75, 3.05) is 6.54 Å². The van der Waals surface area contributed by atoms with E-state index in [9.17, 15) is 4.79 Å². The summed E-state index contributed by atoms with van der Waals surface area (Å²) in [6.45, 7) is 10.7. The van der Waals surface area contributed by atoms with Gasteiger partial charge in [0.05, 0.1) is 0 Å². The first kappa shape index (κ1) is 17.7. The predicted molar refractivity (Wildman–Crippen MR) is 89.4 cm³/mol. The zero-order chi connectivity index (χ0) is 15.8. The van der Waals surface area contributed by atoms with Gasteiger partial charge in [0.25, 0.3) is 5.91 Å². The van der Waals surface area contributed by atoms with Gasteiger partial charge in [-0.2, -0.15) is 0 Å². The summed E-state index contributed by atoms with van der Waals surface area (Å²) in [4.78, 5) is 11.8. The smallest absolute Gasteiger partial charge is 0.261 e. The first-order valence-electron chi connectivity index (χ1n) is 7.01. The molecular weight excluding hydrogens is 332 g/mol. The molecule has 1 unspecified atom stereocenters. The lowest BCUT2D eigenvalue weighted by atomic mass is 10.2. The number of carbonyl (C=O) groups is 1. The zero-order valence-corrected chi connectivity index (χ0v) is 14.4. The van der Waals surface area contributed by atoms with Crippen molar-refractivity contribution in [1.29, 1.82) is 0 Å². The Hall–Kier alpha value is -1.33. The Labute approximate surface area is 135 Å². The number of benzene rings is 1. The standard InChI is InChI=1S/C16H23BrN2O2/c1-5-8-18-16(20)12(4)21-14-6-7-15(17)13(9-14)10-19-11(2)3/h5-7,9,11-12,19H,1,8,10H2,2-4H3,(H,18,20). The molecule has 0 aliphatic rings. The minimum Gasteiger partial charge on any atom is -0.481 e. The first-order chi connectivity index (χ1) is 9.93. The van der Waals surface area contributed by atoms with Gasteiger partial charge in [-0.25, -0.2) is 0 Å². The predicted octanol–water partition coefficient (Wildman–Crippen LogP) is 3.02. The Bertz CT molecular complexity index is 489. The van der Waals surface area contributed by atoms with Crippen LogP contribution in [0.5, 0.6) is 5.75 Å². The fraction of sp³-hybridized carbons (Fsp3) is 0.438. The topological polar surface area (TPSA) is 50.4 Å². The maximum absolute atomic E-state index is 11.8. The fourth-order valence-corrected chi connectivity index (χ4v) is 2.03. The SMILES string of the molecule is C=CCNC(=O)C(C)Oc1ccc(Br)c(CNC(C)C)c1. The molecule has 1 atom stereocenters. The van der Waals surface area contributed by atoms with Crippen LogP contribution in [0.3, 0.4) is 0 Å². The second-order valence-electron chi connectivity index (χ2n) is 5.08. The molecule has 0 radical (unpaired) electrons. The molecule has 0 saturated heterocycles. The number of nitrogens with one attached hydrogen (secondary N) is 2. The Morgan fingerprint density at radius 1 is 1.43 bits per heavy atom. The lowest BCUT2D eigenvalue weighted by Crippen LogP contribution is -2.36. The second-order valence-corrected chi connectivity index (χ2v) is 5.94. The van der Waals surface area contributed by atoms with E-state index in [2.05, 4.69) is 47.0 Å². The molecule has 0 aliphatic carbocycles. The normalized spacial score (nSPS) is 12.0. The maximum Gasteiger partial charge on any atom is 0.261 e. The molecule has 0 fully saturated rings. The van der Waals surface area contributed by atoms with Crippen molar-refractivity contribution >= 4 is 21.8 Å². The van der Waals surface area contributed by atoms with E-state index in [1.165, 1.54) is 0 Å². The molecule has 116 valence electrons. The Morgan fingerprint density at radius 2 is 2.14 bits per heavy atom. The average molecular weight is 355 g/mol. The van der Waals surface area contributed by atoms with Crippen molar-refractivity contribution < 1.29 is 9.53 Å². The van der Waals surface area contributed by atoms with Gasteiger partial charge < -0.3 is 15.4 Å². The van der Waals surface area contributed by atoms with Crippen LogP contribution in [0, 0.1) is 0 Å². The van der Waals surface area contributed by atoms with Crippen molar-refractivity contribution in [3.63, 3.8) is 0 Å². The van der Waals surface area contributed by atoms with Gasteiger partial charge in [-0.1, -0.05) is 35.9 Å². The van der Waals surface area contributed by atoms with Gasteiger partial charge in [0.15, 0.2) is 6.10 Å². The van der Waals surface area contributed by atoms with Gasteiger partial charge in [0.2, 0.25) is 0 Å². The van der Waals surface area contributed by atoms with E-state index in [-0.39, 0.29) is 5.91 Å². The number of hydrogen-bond acceptors (Lipinski definition) is 3.